The maximum Gasteiger partial charge on any atom is 0.293 e. The van der Waals surface area contributed by atoms with Crippen molar-refractivity contribution >= 4 is 41.1 Å². The van der Waals surface area contributed by atoms with Gasteiger partial charge in [-0.3, -0.25) is 9.59 Å². The van der Waals surface area contributed by atoms with Gasteiger partial charge in [0.2, 0.25) is 11.6 Å². The fraction of sp³-hybridized carbons (Fsp3) is 0.0500. The van der Waals surface area contributed by atoms with Crippen molar-refractivity contribution in [1.29, 1.82) is 0 Å². The van der Waals surface area contributed by atoms with Gasteiger partial charge in [-0.2, -0.15) is 9.78 Å². The number of nitrogen functional groups attached to an aromatic ring is 1. The maximum atomic E-state index is 12.8. The van der Waals surface area contributed by atoms with E-state index in [1.54, 1.807) is 48.5 Å². The normalized spacial score (nSPS) is 11.0. The van der Waals surface area contributed by atoms with Crippen molar-refractivity contribution in [1.82, 2.24) is 30.7 Å². The second-order valence-corrected chi connectivity index (χ2v) is 7.22. The number of hydrogen-bond donors (Lipinski definition) is 4. The largest absolute Gasteiger partial charge is 0.379 e. The van der Waals surface area contributed by atoms with E-state index in [9.17, 15) is 9.59 Å². The highest BCUT2D eigenvalue weighted by Gasteiger charge is 2.24. The zero-order valence-electron chi connectivity index (χ0n) is 17.3. The first-order valence-corrected chi connectivity index (χ1v) is 10.1. The molecule has 0 radical (unpaired) electrons. The molecule has 0 aliphatic heterocycles. The van der Waals surface area contributed by atoms with Crippen LogP contribution in [-0.4, -0.2) is 43.3 Å². The highest BCUT2D eigenvalue weighted by atomic mass is 35.5. The number of carbonyl (C=O) groups is 2. The van der Waals surface area contributed by atoms with Crippen LogP contribution in [-0.2, 0) is 6.54 Å². The number of anilines is 2. The number of nitrogens with one attached hydrogen (secondary N) is 2. The Balaban J connectivity index is 1.61. The Morgan fingerprint density at radius 3 is 2.74 bits per heavy atom. The summed E-state index contributed by atoms with van der Waals surface area (Å²) in [7, 11) is 0. The summed E-state index contributed by atoms with van der Waals surface area (Å²) in [6.07, 6.45) is 1.43. The molecule has 6 N–H and O–H groups in total. The first-order chi connectivity index (χ1) is 16.4. The summed E-state index contributed by atoms with van der Waals surface area (Å²) in [5.41, 5.74) is 15.2. The number of halogens is 1. The van der Waals surface area contributed by atoms with E-state index in [0.29, 0.717) is 16.3 Å². The molecule has 0 bridgehead atoms. The van der Waals surface area contributed by atoms with Crippen molar-refractivity contribution < 1.29 is 14.2 Å². The second-order valence-electron chi connectivity index (χ2n) is 6.79. The van der Waals surface area contributed by atoms with Crippen LogP contribution in [0.15, 0.2) is 58.3 Å². The van der Waals surface area contributed by atoms with Crippen LogP contribution in [0.3, 0.4) is 0 Å². The molecule has 2 amide bonds. The number of carbonyl (C=O) groups excluding carboxylic acids is 2. The van der Waals surface area contributed by atoms with Crippen molar-refractivity contribution in [3.8, 4) is 5.82 Å². The standard InChI is InChI=1S/C20H17ClN10O3/c21-12-5-3-4-11(8-12)9-25-27-20(33)16-15(31(30-26-16)19-17(22)28-34-29-19)10-24-14-7-2-1-6-13(14)18(23)32/h1-9,24H,10H2,(H2,22,28)(H2,23,32)(H,27,33). The Hall–Kier alpha value is -4.78. The first kappa shape index (κ1) is 22.4. The number of benzene rings is 2. The molecular formula is C20H17ClN10O3. The van der Waals surface area contributed by atoms with Crippen LogP contribution >= 0.6 is 11.6 Å². The predicted molar refractivity (Wildman–Crippen MR) is 122 cm³/mol. The number of primary amides is 1. The summed E-state index contributed by atoms with van der Waals surface area (Å²) in [6, 6.07) is 13.5. The van der Waals surface area contributed by atoms with Crippen molar-refractivity contribution in [2.24, 2.45) is 10.8 Å². The summed E-state index contributed by atoms with van der Waals surface area (Å²) in [4.78, 5) is 24.5. The van der Waals surface area contributed by atoms with Gasteiger partial charge in [0, 0.05) is 10.7 Å². The van der Waals surface area contributed by atoms with Crippen molar-refractivity contribution in [3.05, 3.63) is 76.1 Å². The van der Waals surface area contributed by atoms with Crippen LogP contribution in [0.25, 0.3) is 5.82 Å². The molecule has 34 heavy (non-hydrogen) atoms. The van der Waals surface area contributed by atoms with Gasteiger partial charge in [0.05, 0.1) is 24.0 Å². The average molecular weight is 481 g/mol. The third-order valence-electron chi connectivity index (χ3n) is 4.54. The number of para-hydroxylation sites is 1. The van der Waals surface area contributed by atoms with Crippen molar-refractivity contribution in [2.45, 2.75) is 6.54 Å². The molecule has 2 aromatic carbocycles. The van der Waals surface area contributed by atoms with Gasteiger partial charge in [0.25, 0.3) is 11.8 Å². The molecule has 4 aromatic rings. The molecule has 14 heteroatoms. The highest BCUT2D eigenvalue weighted by Crippen LogP contribution is 2.19. The van der Waals surface area contributed by atoms with Gasteiger partial charge in [-0.05, 0) is 40.1 Å². The average Bonchev–Trinajstić information content (AvgIpc) is 3.43. The summed E-state index contributed by atoms with van der Waals surface area (Å²) >= 11 is 5.95. The Morgan fingerprint density at radius 2 is 2.00 bits per heavy atom. The van der Waals surface area contributed by atoms with E-state index < -0.39 is 11.8 Å². The van der Waals surface area contributed by atoms with Gasteiger partial charge in [0.15, 0.2) is 5.69 Å². The van der Waals surface area contributed by atoms with Crippen LogP contribution in [0.1, 0.15) is 32.1 Å². The van der Waals surface area contributed by atoms with Crippen molar-refractivity contribution in [3.63, 3.8) is 0 Å². The highest BCUT2D eigenvalue weighted by molar-refractivity contribution is 6.30. The van der Waals surface area contributed by atoms with Crippen LogP contribution in [0.2, 0.25) is 5.02 Å². The van der Waals surface area contributed by atoms with Crippen LogP contribution in [0.4, 0.5) is 11.5 Å². The van der Waals surface area contributed by atoms with Crippen molar-refractivity contribution in [2.75, 3.05) is 11.1 Å². The summed E-state index contributed by atoms with van der Waals surface area (Å²) in [5.74, 6) is -1.30. The van der Waals surface area contributed by atoms with E-state index in [1.165, 1.54) is 10.9 Å². The van der Waals surface area contributed by atoms with Gasteiger partial charge in [-0.25, -0.2) is 10.1 Å². The fourth-order valence-corrected chi connectivity index (χ4v) is 3.18. The molecule has 0 spiro atoms. The molecule has 4 rings (SSSR count). The lowest BCUT2D eigenvalue weighted by Gasteiger charge is -2.11. The van der Waals surface area contributed by atoms with Gasteiger partial charge in [-0.1, -0.05) is 41.1 Å². The molecule has 0 aliphatic carbocycles. The van der Waals surface area contributed by atoms with Gasteiger partial charge in [0.1, 0.15) is 0 Å². The zero-order chi connectivity index (χ0) is 24.1. The smallest absolute Gasteiger partial charge is 0.293 e. The summed E-state index contributed by atoms with van der Waals surface area (Å²) in [6.45, 7) is -0.00957. The second kappa shape index (κ2) is 9.79. The number of aromatic nitrogens is 5. The Morgan fingerprint density at radius 1 is 1.18 bits per heavy atom. The molecule has 0 aliphatic rings. The molecule has 0 unspecified atom stereocenters. The fourth-order valence-electron chi connectivity index (χ4n) is 2.98. The first-order valence-electron chi connectivity index (χ1n) is 9.68. The Kier molecular flexibility index (Phi) is 6.45. The van der Waals surface area contributed by atoms with Gasteiger partial charge < -0.3 is 16.8 Å². The topological polar surface area (TPSA) is 192 Å². The van der Waals surface area contributed by atoms with E-state index in [1.807, 2.05) is 0 Å². The van der Waals surface area contributed by atoms with E-state index in [-0.39, 0.29) is 35.1 Å². The molecular weight excluding hydrogens is 464 g/mol. The summed E-state index contributed by atoms with van der Waals surface area (Å²) in [5, 5.41) is 22.6. The van der Waals surface area contributed by atoms with E-state index >= 15 is 0 Å². The third-order valence-corrected chi connectivity index (χ3v) is 4.78. The third kappa shape index (κ3) is 4.83. The quantitative estimate of drug-likeness (QED) is 0.213. The monoisotopic (exact) mass is 480 g/mol. The lowest BCUT2D eigenvalue weighted by atomic mass is 10.1. The van der Waals surface area contributed by atoms with Crippen LogP contribution in [0.5, 0.6) is 0 Å². The minimum atomic E-state index is -0.653. The van der Waals surface area contributed by atoms with E-state index in [4.69, 9.17) is 23.1 Å². The molecule has 2 aromatic heterocycles. The maximum absolute atomic E-state index is 12.8. The number of hydrogen-bond acceptors (Lipinski definition) is 10. The zero-order valence-corrected chi connectivity index (χ0v) is 18.1. The van der Waals surface area contributed by atoms with Gasteiger partial charge in [-0.15, -0.1) is 5.10 Å². The molecule has 0 atom stereocenters. The molecule has 0 fully saturated rings. The number of nitrogens with zero attached hydrogens (tertiary/aromatic N) is 6. The lowest BCUT2D eigenvalue weighted by Crippen LogP contribution is -2.22. The molecule has 172 valence electrons. The predicted octanol–water partition coefficient (Wildman–Crippen LogP) is 1.36. The van der Waals surface area contributed by atoms with E-state index in [0.717, 1.165) is 0 Å². The summed E-state index contributed by atoms with van der Waals surface area (Å²) < 4.78 is 5.83. The van der Waals surface area contributed by atoms with E-state index in [2.05, 4.69) is 41.1 Å². The number of amides is 2. The minimum Gasteiger partial charge on any atom is -0.379 e. The number of nitrogens with two attached hydrogens (primary N) is 2. The lowest BCUT2D eigenvalue weighted by molar-refractivity contribution is 0.0947. The number of rotatable bonds is 8. The minimum absolute atomic E-state index is 0.00957. The van der Waals surface area contributed by atoms with Gasteiger partial charge >= 0.3 is 0 Å². The van der Waals surface area contributed by atoms with Crippen LogP contribution in [0, 0.1) is 0 Å². The molecule has 0 saturated heterocycles. The molecule has 13 nitrogen and oxygen atoms in total. The van der Waals surface area contributed by atoms with Crippen LogP contribution < -0.4 is 22.2 Å². The molecule has 0 saturated carbocycles. The Labute approximate surface area is 196 Å². The Bertz CT molecular complexity index is 1380. The SMILES string of the molecule is NC(=O)c1ccccc1NCc1c(C(=O)NN=Cc2cccc(Cl)c2)nnn1-c1nonc1N. The molecule has 2 heterocycles. The number of hydrazone groups is 1.